The molecule has 0 spiro atoms. The third kappa shape index (κ3) is 8.18. The van der Waals surface area contributed by atoms with E-state index >= 15 is 0 Å². The van der Waals surface area contributed by atoms with E-state index in [9.17, 15) is 9.59 Å². The third-order valence-electron chi connectivity index (χ3n) is 5.99. The summed E-state index contributed by atoms with van der Waals surface area (Å²) in [6.07, 6.45) is 7.40. The van der Waals surface area contributed by atoms with E-state index < -0.39 is 0 Å². The highest BCUT2D eigenvalue weighted by Crippen LogP contribution is 2.11. The Morgan fingerprint density at radius 1 is 0.647 bits per heavy atom. The van der Waals surface area contributed by atoms with Crippen molar-refractivity contribution in [2.75, 3.05) is 0 Å². The molecule has 0 aliphatic heterocycles. The summed E-state index contributed by atoms with van der Waals surface area (Å²) in [6.45, 7) is 5.18. The van der Waals surface area contributed by atoms with Crippen LogP contribution in [0.15, 0.2) is 72.8 Å². The van der Waals surface area contributed by atoms with Crippen LogP contribution in [0.2, 0.25) is 0 Å². The first-order valence-corrected chi connectivity index (χ1v) is 12.3. The summed E-state index contributed by atoms with van der Waals surface area (Å²) in [5.74, 6) is -0.197. The molecule has 0 heterocycles. The smallest absolute Gasteiger partial charge is 0.251 e. The van der Waals surface area contributed by atoms with Crippen molar-refractivity contribution in [3.05, 3.63) is 106 Å². The van der Waals surface area contributed by atoms with Gasteiger partial charge in [-0.15, -0.1) is 0 Å². The Morgan fingerprint density at radius 2 is 1.21 bits per heavy atom. The van der Waals surface area contributed by atoms with Crippen LogP contribution in [0.3, 0.4) is 0 Å². The van der Waals surface area contributed by atoms with Crippen LogP contribution in [0, 0.1) is 6.92 Å². The molecule has 0 saturated carbocycles. The molecule has 2 amide bonds. The van der Waals surface area contributed by atoms with Gasteiger partial charge in [-0.25, -0.2) is 0 Å². The molecule has 0 saturated heterocycles. The van der Waals surface area contributed by atoms with Gasteiger partial charge in [-0.3, -0.25) is 9.59 Å². The zero-order valence-corrected chi connectivity index (χ0v) is 20.4. The van der Waals surface area contributed by atoms with Gasteiger partial charge >= 0.3 is 0 Å². The summed E-state index contributed by atoms with van der Waals surface area (Å²) in [6, 6.07) is 23.3. The van der Waals surface area contributed by atoms with Crippen LogP contribution < -0.4 is 10.6 Å². The average molecular weight is 457 g/mol. The fourth-order valence-electron chi connectivity index (χ4n) is 3.92. The lowest BCUT2D eigenvalue weighted by Crippen LogP contribution is -2.24. The number of rotatable bonds is 12. The Kier molecular flexibility index (Phi) is 9.90. The lowest BCUT2D eigenvalue weighted by molar-refractivity contribution is 0.0941. The first-order valence-electron chi connectivity index (χ1n) is 12.3. The second kappa shape index (κ2) is 13.3. The molecular weight excluding hydrogens is 420 g/mol. The maximum absolute atomic E-state index is 12.5. The second-order valence-electron chi connectivity index (χ2n) is 8.91. The number of carbonyl (C=O) groups excluding carboxylic acids is 2. The van der Waals surface area contributed by atoms with Gasteiger partial charge in [0.15, 0.2) is 0 Å². The van der Waals surface area contributed by atoms with Crippen LogP contribution in [-0.4, -0.2) is 11.8 Å². The van der Waals surface area contributed by atoms with Crippen molar-refractivity contribution in [2.45, 2.75) is 65.5 Å². The predicted molar refractivity (Wildman–Crippen MR) is 139 cm³/mol. The van der Waals surface area contributed by atoms with Crippen LogP contribution >= 0.6 is 0 Å². The van der Waals surface area contributed by atoms with Crippen molar-refractivity contribution >= 4 is 11.8 Å². The van der Waals surface area contributed by atoms with Crippen LogP contribution in [0.25, 0.3) is 0 Å². The number of carbonyl (C=O) groups is 2. The molecule has 4 nitrogen and oxygen atoms in total. The Morgan fingerprint density at radius 3 is 1.79 bits per heavy atom. The number of nitrogens with one attached hydrogen (secondary N) is 2. The van der Waals surface area contributed by atoms with E-state index in [0.29, 0.717) is 24.2 Å². The zero-order chi connectivity index (χ0) is 24.2. The summed E-state index contributed by atoms with van der Waals surface area (Å²) in [4.78, 5) is 24.9. The van der Waals surface area contributed by atoms with E-state index in [1.54, 1.807) is 12.1 Å². The van der Waals surface area contributed by atoms with E-state index in [-0.39, 0.29) is 11.8 Å². The minimum atomic E-state index is -0.109. The van der Waals surface area contributed by atoms with Crippen molar-refractivity contribution in [2.24, 2.45) is 0 Å². The van der Waals surface area contributed by atoms with Gasteiger partial charge in [-0.05, 0) is 60.7 Å². The van der Waals surface area contributed by atoms with Crippen LogP contribution in [-0.2, 0) is 19.5 Å². The highest BCUT2D eigenvalue weighted by molar-refractivity contribution is 5.95. The molecular formula is C30H36N2O2. The van der Waals surface area contributed by atoms with Gasteiger partial charge in [0.05, 0.1) is 0 Å². The molecule has 0 radical (unpaired) electrons. The number of hydrogen-bond donors (Lipinski definition) is 2. The summed E-state index contributed by atoms with van der Waals surface area (Å²) in [7, 11) is 0. The Hall–Kier alpha value is -3.40. The number of hydrogen-bond acceptors (Lipinski definition) is 2. The Balaban J connectivity index is 1.42. The summed E-state index contributed by atoms with van der Waals surface area (Å²) < 4.78 is 0. The van der Waals surface area contributed by atoms with E-state index in [1.165, 1.54) is 43.2 Å². The molecule has 3 aromatic rings. The topological polar surface area (TPSA) is 58.2 Å². The SMILES string of the molecule is CCCCCCCc1ccc(C(=O)NCc2ccc(C(=O)NCc3cccc(C)c3)cc2)cc1. The molecule has 0 aliphatic rings. The average Bonchev–Trinajstić information content (AvgIpc) is 2.86. The molecule has 0 atom stereocenters. The molecule has 0 aliphatic carbocycles. The fourth-order valence-corrected chi connectivity index (χ4v) is 3.92. The van der Waals surface area contributed by atoms with Gasteiger partial charge in [-0.2, -0.15) is 0 Å². The van der Waals surface area contributed by atoms with Crippen LogP contribution in [0.1, 0.15) is 82.0 Å². The quantitative estimate of drug-likeness (QED) is 0.311. The molecule has 0 unspecified atom stereocenters. The van der Waals surface area contributed by atoms with Gasteiger partial charge in [0.25, 0.3) is 11.8 Å². The van der Waals surface area contributed by atoms with Gasteiger partial charge in [-0.1, -0.05) is 86.7 Å². The first kappa shape index (κ1) is 25.2. The molecule has 3 aromatic carbocycles. The molecule has 3 rings (SSSR count). The minimum absolute atomic E-state index is 0.0885. The third-order valence-corrected chi connectivity index (χ3v) is 5.99. The maximum atomic E-state index is 12.5. The van der Waals surface area contributed by atoms with Crippen molar-refractivity contribution in [1.29, 1.82) is 0 Å². The largest absolute Gasteiger partial charge is 0.348 e. The molecule has 2 N–H and O–H groups in total. The van der Waals surface area contributed by atoms with Gasteiger partial charge in [0, 0.05) is 24.2 Å². The van der Waals surface area contributed by atoms with Gasteiger partial charge in [0.1, 0.15) is 0 Å². The summed E-state index contributed by atoms with van der Waals surface area (Å²) >= 11 is 0. The van der Waals surface area contributed by atoms with Crippen LogP contribution in [0.4, 0.5) is 0 Å². The summed E-state index contributed by atoms with van der Waals surface area (Å²) in [5, 5.41) is 5.91. The zero-order valence-electron chi connectivity index (χ0n) is 20.4. The van der Waals surface area contributed by atoms with Crippen molar-refractivity contribution in [3.8, 4) is 0 Å². The molecule has 0 aromatic heterocycles. The van der Waals surface area contributed by atoms with Crippen molar-refractivity contribution in [3.63, 3.8) is 0 Å². The summed E-state index contributed by atoms with van der Waals surface area (Å²) in [5.41, 5.74) is 5.76. The van der Waals surface area contributed by atoms with Gasteiger partial charge in [0.2, 0.25) is 0 Å². The fraction of sp³-hybridized carbons (Fsp3) is 0.333. The van der Waals surface area contributed by atoms with Gasteiger partial charge < -0.3 is 10.6 Å². The van der Waals surface area contributed by atoms with E-state index in [4.69, 9.17) is 0 Å². The number of amides is 2. The van der Waals surface area contributed by atoms with E-state index in [2.05, 4.69) is 35.8 Å². The molecule has 0 fully saturated rings. The number of unbranched alkanes of at least 4 members (excludes halogenated alkanes) is 4. The van der Waals surface area contributed by atoms with Crippen molar-refractivity contribution < 1.29 is 9.59 Å². The van der Waals surface area contributed by atoms with Crippen LogP contribution in [0.5, 0.6) is 0 Å². The Bertz CT molecular complexity index is 1060. The second-order valence-corrected chi connectivity index (χ2v) is 8.91. The van der Waals surface area contributed by atoms with Crippen molar-refractivity contribution in [1.82, 2.24) is 10.6 Å². The normalized spacial score (nSPS) is 10.6. The lowest BCUT2D eigenvalue weighted by Gasteiger charge is -2.09. The minimum Gasteiger partial charge on any atom is -0.348 e. The first-order chi connectivity index (χ1) is 16.5. The molecule has 34 heavy (non-hydrogen) atoms. The molecule has 0 bridgehead atoms. The molecule has 178 valence electrons. The number of benzene rings is 3. The predicted octanol–water partition coefficient (Wildman–Crippen LogP) is 6.37. The number of aryl methyl sites for hydroxylation is 2. The van der Waals surface area contributed by atoms with E-state index in [0.717, 1.165) is 17.5 Å². The molecule has 4 heteroatoms. The highest BCUT2D eigenvalue weighted by atomic mass is 16.2. The Labute approximate surface area is 203 Å². The highest BCUT2D eigenvalue weighted by Gasteiger charge is 2.08. The monoisotopic (exact) mass is 456 g/mol. The lowest BCUT2D eigenvalue weighted by atomic mass is 10.0. The van der Waals surface area contributed by atoms with E-state index in [1.807, 2.05) is 49.4 Å². The maximum Gasteiger partial charge on any atom is 0.251 e. The standard InChI is InChI=1S/C30H36N2O2/c1-3-4-5-6-7-10-24-12-16-27(17-13-24)29(33)31-21-25-14-18-28(19-15-25)30(34)32-22-26-11-8-9-23(2)20-26/h8-9,11-20H,3-7,10,21-22H2,1-2H3,(H,31,33)(H,32,34).